The molecule has 1 heterocycles. The molecule has 2 rings (SSSR count). The number of hydrogen-bond donors (Lipinski definition) is 1. The van der Waals surface area contributed by atoms with Crippen LogP contribution in [0.4, 0.5) is 0 Å². The van der Waals surface area contributed by atoms with E-state index >= 15 is 0 Å². The summed E-state index contributed by atoms with van der Waals surface area (Å²) in [5.41, 5.74) is 1.38. The van der Waals surface area contributed by atoms with E-state index in [2.05, 4.69) is 29.6 Å². The van der Waals surface area contributed by atoms with E-state index in [0.717, 1.165) is 26.2 Å². The number of ether oxygens (including phenoxy) is 1. The predicted molar refractivity (Wildman–Crippen MR) is 52.8 cm³/mol. The van der Waals surface area contributed by atoms with Gasteiger partial charge in [0, 0.05) is 12.6 Å². The molecule has 1 N–H and O–H groups in total. The molecule has 0 amide bonds. The first-order valence-corrected chi connectivity index (χ1v) is 4.80. The molecule has 0 bridgehead atoms. The van der Waals surface area contributed by atoms with Gasteiger partial charge in [0.25, 0.3) is 0 Å². The van der Waals surface area contributed by atoms with Crippen LogP contribution in [0.3, 0.4) is 0 Å². The lowest BCUT2D eigenvalue weighted by molar-refractivity contribution is 0.0770. The maximum Gasteiger partial charge on any atom is 0.0623 e. The summed E-state index contributed by atoms with van der Waals surface area (Å²) in [6.07, 6.45) is 1.07. The van der Waals surface area contributed by atoms with Crippen molar-refractivity contribution in [1.29, 1.82) is 0 Å². The maximum absolute atomic E-state index is 5.39. The van der Waals surface area contributed by atoms with Gasteiger partial charge in [-0.05, 0) is 12.0 Å². The van der Waals surface area contributed by atoms with E-state index < -0.39 is 0 Å². The minimum atomic E-state index is 0.496. The molecule has 1 fully saturated rings. The van der Waals surface area contributed by atoms with Crippen molar-refractivity contribution in [1.82, 2.24) is 5.32 Å². The monoisotopic (exact) mass is 177 g/mol. The van der Waals surface area contributed by atoms with E-state index in [1.54, 1.807) is 0 Å². The molecule has 1 aromatic rings. The van der Waals surface area contributed by atoms with Crippen LogP contribution in [0, 0.1) is 0 Å². The van der Waals surface area contributed by atoms with Crippen molar-refractivity contribution in [2.75, 3.05) is 19.8 Å². The first kappa shape index (κ1) is 8.73. The average Bonchev–Trinajstić information content (AvgIpc) is 2.21. The number of rotatable bonds is 2. The average molecular weight is 177 g/mol. The highest BCUT2D eigenvalue weighted by Gasteiger charge is 2.12. The number of nitrogens with one attached hydrogen (secondary N) is 1. The highest BCUT2D eigenvalue weighted by atomic mass is 16.5. The van der Waals surface area contributed by atoms with Crippen LogP contribution in [0.2, 0.25) is 0 Å². The highest BCUT2D eigenvalue weighted by molar-refractivity contribution is 5.15. The zero-order valence-electron chi connectivity index (χ0n) is 7.70. The fourth-order valence-corrected chi connectivity index (χ4v) is 1.65. The molecular formula is C11H15NO. The predicted octanol–water partition coefficient (Wildman–Crippen LogP) is 1.22. The molecule has 2 heteroatoms. The molecule has 1 aromatic carbocycles. The second-order valence-electron chi connectivity index (χ2n) is 3.42. The fraction of sp³-hybridized carbons (Fsp3) is 0.455. The van der Waals surface area contributed by atoms with Crippen LogP contribution in [-0.2, 0) is 11.2 Å². The molecule has 1 aliphatic heterocycles. The van der Waals surface area contributed by atoms with Crippen molar-refractivity contribution in [3.05, 3.63) is 35.9 Å². The van der Waals surface area contributed by atoms with E-state index in [4.69, 9.17) is 4.74 Å². The second-order valence-corrected chi connectivity index (χ2v) is 3.42. The summed E-state index contributed by atoms with van der Waals surface area (Å²) in [5.74, 6) is 0. The molecule has 70 valence electrons. The Morgan fingerprint density at radius 1 is 1.31 bits per heavy atom. The van der Waals surface area contributed by atoms with Gasteiger partial charge in [-0.3, -0.25) is 0 Å². The highest BCUT2D eigenvalue weighted by Crippen LogP contribution is 2.05. The zero-order valence-corrected chi connectivity index (χ0v) is 7.70. The van der Waals surface area contributed by atoms with Gasteiger partial charge in [-0.1, -0.05) is 30.3 Å². The number of morpholine rings is 1. The number of benzene rings is 1. The summed E-state index contributed by atoms with van der Waals surface area (Å²) < 4.78 is 5.39. The largest absolute Gasteiger partial charge is 0.379 e. The standard InChI is InChI=1S/C11H15NO/c1-2-4-10(5-3-1)8-11-9-13-7-6-12-11/h1-5,11-12H,6-9H2/t11-/m1/s1. The third-order valence-electron chi connectivity index (χ3n) is 2.32. The first-order chi connectivity index (χ1) is 6.45. The van der Waals surface area contributed by atoms with Gasteiger partial charge in [0.2, 0.25) is 0 Å². The molecular weight excluding hydrogens is 162 g/mol. The Morgan fingerprint density at radius 2 is 2.15 bits per heavy atom. The lowest BCUT2D eigenvalue weighted by atomic mass is 10.1. The summed E-state index contributed by atoms with van der Waals surface area (Å²) in [6, 6.07) is 11.0. The summed E-state index contributed by atoms with van der Waals surface area (Å²) in [6.45, 7) is 2.68. The SMILES string of the molecule is c1ccc(C[C@@H]2COCCN2)cc1. The third kappa shape index (κ3) is 2.54. The minimum Gasteiger partial charge on any atom is -0.379 e. The molecule has 1 saturated heterocycles. The van der Waals surface area contributed by atoms with Crippen LogP contribution < -0.4 is 5.32 Å². The fourth-order valence-electron chi connectivity index (χ4n) is 1.65. The van der Waals surface area contributed by atoms with Gasteiger partial charge in [0.05, 0.1) is 13.2 Å². The Bertz CT molecular complexity index is 242. The van der Waals surface area contributed by atoms with Crippen LogP contribution in [0.25, 0.3) is 0 Å². The van der Waals surface area contributed by atoms with Gasteiger partial charge >= 0.3 is 0 Å². The summed E-state index contributed by atoms with van der Waals surface area (Å²) in [7, 11) is 0. The van der Waals surface area contributed by atoms with Crippen molar-refractivity contribution >= 4 is 0 Å². The van der Waals surface area contributed by atoms with Gasteiger partial charge in [0.15, 0.2) is 0 Å². The van der Waals surface area contributed by atoms with Gasteiger partial charge in [-0.2, -0.15) is 0 Å². The second kappa shape index (κ2) is 4.40. The molecule has 0 aliphatic carbocycles. The maximum atomic E-state index is 5.39. The Hall–Kier alpha value is -0.860. The summed E-state index contributed by atoms with van der Waals surface area (Å²) in [4.78, 5) is 0. The molecule has 1 aliphatic rings. The molecule has 0 spiro atoms. The number of hydrogen-bond acceptors (Lipinski definition) is 2. The minimum absolute atomic E-state index is 0.496. The molecule has 0 unspecified atom stereocenters. The smallest absolute Gasteiger partial charge is 0.0623 e. The topological polar surface area (TPSA) is 21.3 Å². The Kier molecular flexibility index (Phi) is 2.95. The molecule has 13 heavy (non-hydrogen) atoms. The van der Waals surface area contributed by atoms with Crippen LogP contribution in [0.15, 0.2) is 30.3 Å². The normalized spacial score (nSPS) is 22.9. The van der Waals surface area contributed by atoms with Gasteiger partial charge in [-0.25, -0.2) is 0 Å². The van der Waals surface area contributed by atoms with Crippen molar-refractivity contribution in [2.24, 2.45) is 0 Å². The summed E-state index contributed by atoms with van der Waals surface area (Å²) in [5, 5.41) is 3.44. The van der Waals surface area contributed by atoms with Crippen molar-refractivity contribution < 1.29 is 4.74 Å². The Balaban J connectivity index is 1.90. The van der Waals surface area contributed by atoms with E-state index in [1.807, 2.05) is 6.07 Å². The van der Waals surface area contributed by atoms with Gasteiger partial charge in [-0.15, -0.1) is 0 Å². The van der Waals surface area contributed by atoms with Crippen molar-refractivity contribution in [3.8, 4) is 0 Å². The van der Waals surface area contributed by atoms with Crippen LogP contribution in [0.1, 0.15) is 5.56 Å². The Morgan fingerprint density at radius 3 is 2.85 bits per heavy atom. The summed E-state index contributed by atoms with van der Waals surface area (Å²) >= 11 is 0. The van der Waals surface area contributed by atoms with E-state index in [0.29, 0.717) is 6.04 Å². The molecule has 0 radical (unpaired) electrons. The lowest BCUT2D eigenvalue weighted by Gasteiger charge is -2.23. The molecule has 0 saturated carbocycles. The van der Waals surface area contributed by atoms with Crippen molar-refractivity contribution in [2.45, 2.75) is 12.5 Å². The van der Waals surface area contributed by atoms with E-state index in [1.165, 1.54) is 5.56 Å². The Labute approximate surface area is 78.9 Å². The quantitative estimate of drug-likeness (QED) is 0.733. The van der Waals surface area contributed by atoms with Crippen molar-refractivity contribution in [3.63, 3.8) is 0 Å². The molecule has 0 aromatic heterocycles. The van der Waals surface area contributed by atoms with E-state index in [9.17, 15) is 0 Å². The van der Waals surface area contributed by atoms with Gasteiger partial charge in [0.1, 0.15) is 0 Å². The van der Waals surface area contributed by atoms with Crippen LogP contribution >= 0.6 is 0 Å². The van der Waals surface area contributed by atoms with E-state index in [-0.39, 0.29) is 0 Å². The first-order valence-electron chi connectivity index (χ1n) is 4.80. The molecule has 1 atom stereocenters. The van der Waals surface area contributed by atoms with Crippen LogP contribution in [0.5, 0.6) is 0 Å². The third-order valence-corrected chi connectivity index (χ3v) is 2.32. The lowest BCUT2D eigenvalue weighted by Crippen LogP contribution is -2.42. The zero-order chi connectivity index (χ0) is 8.93. The van der Waals surface area contributed by atoms with Gasteiger partial charge < -0.3 is 10.1 Å². The molecule has 2 nitrogen and oxygen atoms in total. The van der Waals surface area contributed by atoms with Crippen LogP contribution in [-0.4, -0.2) is 25.8 Å².